The maximum atomic E-state index is 5.90. The molecule has 0 aromatic heterocycles. The van der Waals surface area contributed by atoms with Crippen molar-refractivity contribution in [3.8, 4) is 0 Å². The van der Waals surface area contributed by atoms with Gasteiger partial charge in [-0.2, -0.15) is 0 Å². The number of hydrogen-bond donors (Lipinski definition) is 2. The molecule has 3 nitrogen and oxygen atoms in total. The Morgan fingerprint density at radius 2 is 2.31 bits per heavy atom. The summed E-state index contributed by atoms with van der Waals surface area (Å²) in [6, 6.07) is 5.46. The van der Waals surface area contributed by atoms with Crippen molar-refractivity contribution in [3.63, 3.8) is 0 Å². The third-order valence-electron chi connectivity index (χ3n) is 1.43. The van der Waals surface area contributed by atoms with E-state index in [2.05, 4.69) is 26.2 Å². The zero-order chi connectivity index (χ0) is 9.84. The van der Waals surface area contributed by atoms with E-state index in [0.717, 1.165) is 10.2 Å². The second-order valence-electron chi connectivity index (χ2n) is 2.36. The van der Waals surface area contributed by atoms with Crippen molar-refractivity contribution in [1.29, 1.82) is 0 Å². The van der Waals surface area contributed by atoms with Gasteiger partial charge in [0.05, 0.1) is 10.7 Å². The molecule has 0 unspecified atom stereocenters. The predicted octanol–water partition coefficient (Wildman–Crippen LogP) is 2.46. The second kappa shape index (κ2) is 4.48. The van der Waals surface area contributed by atoms with Gasteiger partial charge in [0, 0.05) is 11.5 Å². The van der Waals surface area contributed by atoms with Crippen LogP contribution in [0.4, 0.5) is 5.69 Å². The number of aliphatic imine (C=N–C) groups is 1. The van der Waals surface area contributed by atoms with Gasteiger partial charge >= 0.3 is 0 Å². The Morgan fingerprint density at radius 3 is 2.92 bits per heavy atom. The van der Waals surface area contributed by atoms with Gasteiger partial charge in [0.15, 0.2) is 5.96 Å². The van der Waals surface area contributed by atoms with Crippen LogP contribution in [-0.4, -0.2) is 13.0 Å². The topological polar surface area (TPSA) is 50.4 Å². The van der Waals surface area contributed by atoms with Gasteiger partial charge in [0.1, 0.15) is 0 Å². The molecule has 5 heteroatoms. The highest BCUT2D eigenvalue weighted by molar-refractivity contribution is 9.10. The van der Waals surface area contributed by atoms with E-state index in [1.54, 1.807) is 13.1 Å². The lowest BCUT2D eigenvalue weighted by molar-refractivity contribution is 1.38. The first kappa shape index (κ1) is 10.3. The number of nitrogens with zero attached hydrogens (tertiary/aromatic N) is 1. The van der Waals surface area contributed by atoms with E-state index in [1.807, 2.05) is 12.1 Å². The van der Waals surface area contributed by atoms with Crippen molar-refractivity contribution in [3.05, 3.63) is 27.7 Å². The largest absolute Gasteiger partial charge is 0.370 e. The fraction of sp³-hybridized carbons (Fsp3) is 0.125. The summed E-state index contributed by atoms with van der Waals surface area (Å²) in [4.78, 5) is 3.76. The van der Waals surface area contributed by atoms with Gasteiger partial charge in [-0.15, -0.1) is 0 Å². The quantitative estimate of drug-likeness (QED) is 0.603. The third-order valence-corrected chi connectivity index (χ3v) is 2.25. The molecule has 0 aliphatic rings. The van der Waals surface area contributed by atoms with E-state index in [9.17, 15) is 0 Å². The number of guanidine groups is 1. The number of nitrogens with one attached hydrogen (secondary N) is 1. The summed E-state index contributed by atoms with van der Waals surface area (Å²) in [5, 5.41) is 3.47. The van der Waals surface area contributed by atoms with Crippen LogP contribution in [0.15, 0.2) is 27.7 Å². The fourth-order valence-corrected chi connectivity index (χ4v) is 1.31. The maximum absolute atomic E-state index is 5.90. The first-order chi connectivity index (χ1) is 6.13. The van der Waals surface area contributed by atoms with Gasteiger partial charge in [-0.05, 0) is 18.2 Å². The zero-order valence-corrected chi connectivity index (χ0v) is 9.35. The number of hydrogen-bond acceptors (Lipinski definition) is 1. The van der Waals surface area contributed by atoms with Crippen molar-refractivity contribution < 1.29 is 0 Å². The predicted molar refractivity (Wildman–Crippen MR) is 60.3 cm³/mol. The monoisotopic (exact) mass is 261 g/mol. The van der Waals surface area contributed by atoms with Crippen LogP contribution in [-0.2, 0) is 0 Å². The van der Waals surface area contributed by atoms with Gasteiger partial charge < -0.3 is 11.1 Å². The van der Waals surface area contributed by atoms with Crippen molar-refractivity contribution >= 4 is 39.2 Å². The highest BCUT2D eigenvalue weighted by Gasteiger charge is 2.00. The van der Waals surface area contributed by atoms with Crippen LogP contribution in [0.2, 0.25) is 5.02 Å². The lowest BCUT2D eigenvalue weighted by atomic mass is 10.3. The molecular weight excluding hydrogens is 253 g/mol. The zero-order valence-electron chi connectivity index (χ0n) is 7.01. The molecular formula is C8H9BrClN3. The van der Waals surface area contributed by atoms with Crippen LogP contribution < -0.4 is 11.1 Å². The molecule has 0 heterocycles. The molecule has 13 heavy (non-hydrogen) atoms. The number of benzene rings is 1. The Balaban J connectivity index is 2.94. The van der Waals surface area contributed by atoms with Crippen LogP contribution in [0.1, 0.15) is 0 Å². The lowest BCUT2D eigenvalue weighted by Gasteiger charge is -2.06. The Hall–Kier alpha value is -0.740. The molecule has 0 bridgehead atoms. The standard InChI is InChI=1S/C8H9BrClN3/c1-12-8(11)13-7-4-5(9)2-3-6(7)10/h2-4H,1H3,(H3,11,12,13). The van der Waals surface area contributed by atoms with Crippen LogP contribution in [0.3, 0.4) is 0 Å². The number of rotatable bonds is 1. The van der Waals surface area contributed by atoms with E-state index in [4.69, 9.17) is 17.3 Å². The number of nitrogens with two attached hydrogens (primary N) is 1. The molecule has 0 amide bonds. The smallest absolute Gasteiger partial charge is 0.192 e. The average Bonchev–Trinajstić information content (AvgIpc) is 2.11. The summed E-state index contributed by atoms with van der Waals surface area (Å²) < 4.78 is 0.934. The lowest BCUT2D eigenvalue weighted by Crippen LogP contribution is -2.22. The molecule has 1 aromatic carbocycles. The van der Waals surface area contributed by atoms with Crippen molar-refractivity contribution in [2.24, 2.45) is 10.7 Å². The maximum Gasteiger partial charge on any atom is 0.192 e. The highest BCUT2D eigenvalue weighted by atomic mass is 79.9. The van der Waals surface area contributed by atoms with E-state index in [1.165, 1.54) is 0 Å². The van der Waals surface area contributed by atoms with Gasteiger partial charge in [-0.3, -0.25) is 4.99 Å². The average molecular weight is 263 g/mol. The second-order valence-corrected chi connectivity index (χ2v) is 3.68. The Labute approximate surface area is 90.1 Å². The van der Waals surface area contributed by atoms with E-state index >= 15 is 0 Å². The minimum Gasteiger partial charge on any atom is -0.370 e. The molecule has 0 spiro atoms. The molecule has 0 aliphatic carbocycles. The summed E-state index contributed by atoms with van der Waals surface area (Å²) in [5.74, 6) is 0.333. The van der Waals surface area contributed by atoms with Crippen molar-refractivity contribution in [1.82, 2.24) is 0 Å². The molecule has 0 saturated heterocycles. The SMILES string of the molecule is CN=C(N)Nc1cc(Br)ccc1Cl. The molecule has 70 valence electrons. The summed E-state index contributed by atoms with van der Waals surface area (Å²) in [5.41, 5.74) is 6.22. The first-order valence-corrected chi connectivity index (χ1v) is 4.75. The molecule has 0 fully saturated rings. The van der Waals surface area contributed by atoms with Crippen LogP contribution in [0.25, 0.3) is 0 Å². The van der Waals surface area contributed by atoms with Crippen molar-refractivity contribution in [2.45, 2.75) is 0 Å². The van der Waals surface area contributed by atoms with Crippen LogP contribution in [0.5, 0.6) is 0 Å². The molecule has 3 N–H and O–H groups in total. The van der Waals surface area contributed by atoms with Gasteiger partial charge in [-0.25, -0.2) is 0 Å². The summed E-state index contributed by atoms with van der Waals surface area (Å²) >= 11 is 9.23. The molecule has 1 rings (SSSR count). The van der Waals surface area contributed by atoms with E-state index in [-0.39, 0.29) is 0 Å². The van der Waals surface area contributed by atoms with Gasteiger partial charge in [-0.1, -0.05) is 27.5 Å². The minimum atomic E-state index is 0.333. The van der Waals surface area contributed by atoms with Crippen molar-refractivity contribution in [2.75, 3.05) is 12.4 Å². The normalized spacial score (nSPS) is 11.5. The third kappa shape index (κ3) is 2.90. The molecule has 0 aliphatic heterocycles. The first-order valence-electron chi connectivity index (χ1n) is 3.58. The van der Waals surface area contributed by atoms with Gasteiger partial charge in [0.2, 0.25) is 0 Å². The van der Waals surface area contributed by atoms with Crippen LogP contribution in [0, 0.1) is 0 Å². The van der Waals surface area contributed by atoms with Gasteiger partial charge in [0.25, 0.3) is 0 Å². The number of anilines is 1. The number of halogens is 2. The molecule has 1 aromatic rings. The molecule has 0 saturated carbocycles. The fourth-order valence-electron chi connectivity index (χ4n) is 0.787. The Morgan fingerprint density at radius 1 is 1.62 bits per heavy atom. The Bertz CT molecular complexity index is 338. The minimum absolute atomic E-state index is 0.333. The summed E-state index contributed by atoms with van der Waals surface area (Å²) in [7, 11) is 1.61. The van der Waals surface area contributed by atoms with E-state index < -0.39 is 0 Å². The summed E-state index contributed by atoms with van der Waals surface area (Å²) in [6.45, 7) is 0. The Kier molecular flexibility index (Phi) is 3.57. The summed E-state index contributed by atoms with van der Waals surface area (Å²) in [6.07, 6.45) is 0. The highest BCUT2D eigenvalue weighted by Crippen LogP contribution is 2.25. The molecule has 0 radical (unpaired) electrons. The van der Waals surface area contributed by atoms with E-state index in [0.29, 0.717) is 11.0 Å². The molecule has 0 atom stereocenters. The van der Waals surface area contributed by atoms with Crippen LogP contribution >= 0.6 is 27.5 Å².